The molecule has 8 nitrogen and oxygen atoms in total. The topological polar surface area (TPSA) is 102 Å². The molecule has 0 spiro atoms. The van der Waals surface area contributed by atoms with Crippen molar-refractivity contribution in [3.63, 3.8) is 0 Å². The lowest BCUT2D eigenvalue weighted by atomic mass is 9.92. The third kappa shape index (κ3) is 6.29. The van der Waals surface area contributed by atoms with Crippen LogP contribution in [0, 0.1) is 5.41 Å². The zero-order valence-electron chi connectivity index (χ0n) is 16.7. The number of rotatable bonds is 6. The molecule has 2 rings (SSSR count). The van der Waals surface area contributed by atoms with E-state index < -0.39 is 28.0 Å². The minimum Gasteiger partial charge on any atom is -0.453 e. The molecule has 156 valence electrons. The van der Waals surface area contributed by atoms with Crippen LogP contribution in [0.1, 0.15) is 34.1 Å². The first-order chi connectivity index (χ1) is 13.0. The van der Waals surface area contributed by atoms with E-state index in [-0.39, 0.29) is 16.7 Å². The van der Waals surface area contributed by atoms with Gasteiger partial charge in [-0.25, -0.2) is 8.42 Å². The lowest BCUT2D eigenvalue weighted by Crippen LogP contribution is -2.40. The number of carbonyl (C=O) groups excluding carboxylic acids is 2. The summed E-state index contributed by atoms with van der Waals surface area (Å²) >= 11 is 0. The van der Waals surface area contributed by atoms with Crippen LogP contribution in [0.4, 0.5) is 5.69 Å². The van der Waals surface area contributed by atoms with Crippen LogP contribution in [0.3, 0.4) is 0 Å². The molecule has 1 aromatic rings. The zero-order chi connectivity index (χ0) is 20.9. The highest BCUT2D eigenvalue weighted by atomic mass is 32.2. The molecule has 1 fully saturated rings. The molecular formula is C19H28N2O6S. The quantitative estimate of drug-likeness (QED) is 0.717. The maximum atomic E-state index is 12.6. The summed E-state index contributed by atoms with van der Waals surface area (Å²) in [7, 11) is -3.59. The van der Waals surface area contributed by atoms with Crippen molar-refractivity contribution in [3.8, 4) is 0 Å². The molecule has 9 heteroatoms. The van der Waals surface area contributed by atoms with Gasteiger partial charge in [0.15, 0.2) is 6.10 Å². The number of esters is 1. The minimum atomic E-state index is -3.59. The lowest BCUT2D eigenvalue weighted by Gasteiger charge is -2.26. The number of anilines is 1. The van der Waals surface area contributed by atoms with Gasteiger partial charge in [0.2, 0.25) is 10.0 Å². The highest BCUT2D eigenvalue weighted by Crippen LogP contribution is 2.21. The Balaban J connectivity index is 1.96. The lowest BCUT2D eigenvalue weighted by molar-refractivity contribution is -0.154. The molecule has 1 N–H and O–H groups in total. The Morgan fingerprint density at radius 2 is 1.75 bits per heavy atom. The molecule has 0 aromatic heterocycles. The van der Waals surface area contributed by atoms with Gasteiger partial charge in [-0.2, -0.15) is 4.31 Å². The second kappa shape index (κ2) is 9.02. The summed E-state index contributed by atoms with van der Waals surface area (Å²) in [5.41, 5.74) is 0.194. The maximum Gasteiger partial charge on any atom is 0.307 e. The number of amides is 1. The molecular weight excluding hydrogens is 384 g/mol. The number of nitrogens with zero attached hydrogens (tertiary/aromatic N) is 1. The summed E-state index contributed by atoms with van der Waals surface area (Å²) in [4.78, 5) is 24.2. The molecule has 0 aliphatic carbocycles. The Kier molecular flexibility index (Phi) is 7.19. The highest BCUT2D eigenvalue weighted by molar-refractivity contribution is 7.89. The monoisotopic (exact) mass is 412 g/mol. The van der Waals surface area contributed by atoms with Gasteiger partial charge in [0.25, 0.3) is 5.91 Å². The molecule has 0 saturated carbocycles. The van der Waals surface area contributed by atoms with E-state index in [0.29, 0.717) is 32.0 Å². The van der Waals surface area contributed by atoms with Gasteiger partial charge in [0, 0.05) is 18.8 Å². The Morgan fingerprint density at radius 1 is 1.18 bits per heavy atom. The first kappa shape index (κ1) is 22.3. The van der Waals surface area contributed by atoms with Crippen LogP contribution in [-0.4, -0.2) is 57.0 Å². The van der Waals surface area contributed by atoms with Crippen molar-refractivity contribution in [2.75, 3.05) is 31.6 Å². The van der Waals surface area contributed by atoms with Crippen LogP contribution < -0.4 is 5.32 Å². The van der Waals surface area contributed by atoms with Gasteiger partial charge in [-0.1, -0.05) is 20.8 Å². The predicted octanol–water partition coefficient (Wildman–Crippen LogP) is 2.01. The average Bonchev–Trinajstić information content (AvgIpc) is 2.61. The zero-order valence-corrected chi connectivity index (χ0v) is 17.5. The number of ether oxygens (including phenoxy) is 2. The number of nitrogens with one attached hydrogen (secondary N) is 1. The van der Waals surface area contributed by atoms with Gasteiger partial charge in [0.05, 0.1) is 24.5 Å². The summed E-state index contributed by atoms with van der Waals surface area (Å²) in [6.45, 7) is 8.60. The van der Waals surface area contributed by atoms with Crippen LogP contribution in [0.2, 0.25) is 0 Å². The van der Waals surface area contributed by atoms with Crippen molar-refractivity contribution in [1.82, 2.24) is 4.31 Å². The Labute approximate surface area is 166 Å². The first-order valence-corrected chi connectivity index (χ1v) is 10.6. The van der Waals surface area contributed by atoms with E-state index in [4.69, 9.17) is 9.47 Å². The Morgan fingerprint density at radius 3 is 2.29 bits per heavy atom. The van der Waals surface area contributed by atoms with E-state index in [2.05, 4.69) is 5.32 Å². The van der Waals surface area contributed by atoms with Crippen molar-refractivity contribution in [2.24, 2.45) is 5.41 Å². The van der Waals surface area contributed by atoms with Gasteiger partial charge < -0.3 is 14.8 Å². The summed E-state index contributed by atoms with van der Waals surface area (Å²) < 4.78 is 36.9. The van der Waals surface area contributed by atoms with Crippen molar-refractivity contribution >= 4 is 27.6 Å². The smallest absolute Gasteiger partial charge is 0.307 e. The SMILES string of the molecule is C[C@@H](OC(=O)CC(C)(C)C)C(=O)Nc1ccc(S(=O)(=O)N2CCOCC2)cc1. The molecule has 28 heavy (non-hydrogen) atoms. The van der Waals surface area contributed by atoms with Crippen LogP contribution in [0.15, 0.2) is 29.2 Å². The van der Waals surface area contributed by atoms with Gasteiger partial charge >= 0.3 is 5.97 Å². The van der Waals surface area contributed by atoms with E-state index in [1.54, 1.807) is 0 Å². The summed E-state index contributed by atoms with van der Waals surface area (Å²) in [5.74, 6) is -0.923. The molecule has 1 aromatic carbocycles. The van der Waals surface area contributed by atoms with E-state index >= 15 is 0 Å². The third-order valence-electron chi connectivity index (χ3n) is 4.08. The van der Waals surface area contributed by atoms with Gasteiger partial charge in [0.1, 0.15) is 0 Å². The molecule has 1 aliphatic rings. The summed E-state index contributed by atoms with van der Waals surface area (Å²) in [5, 5.41) is 2.62. The van der Waals surface area contributed by atoms with Crippen molar-refractivity contribution in [3.05, 3.63) is 24.3 Å². The first-order valence-electron chi connectivity index (χ1n) is 9.17. The van der Waals surface area contributed by atoms with E-state index in [1.807, 2.05) is 20.8 Å². The second-order valence-electron chi connectivity index (χ2n) is 7.90. The third-order valence-corrected chi connectivity index (χ3v) is 5.99. The van der Waals surface area contributed by atoms with Crippen molar-refractivity contribution < 1.29 is 27.5 Å². The molecule has 0 radical (unpaired) electrons. The van der Waals surface area contributed by atoms with E-state index in [0.717, 1.165) is 0 Å². The van der Waals surface area contributed by atoms with Crippen LogP contribution >= 0.6 is 0 Å². The van der Waals surface area contributed by atoms with Crippen molar-refractivity contribution in [2.45, 2.75) is 45.1 Å². The normalized spacial score (nSPS) is 17.0. The summed E-state index contributed by atoms with van der Waals surface area (Å²) in [6.07, 6.45) is -0.745. The second-order valence-corrected chi connectivity index (χ2v) is 9.84. The van der Waals surface area contributed by atoms with Crippen molar-refractivity contribution in [1.29, 1.82) is 0 Å². The molecule has 1 heterocycles. The fraction of sp³-hybridized carbons (Fsp3) is 0.579. The van der Waals surface area contributed by atoms with Crippen LogP contribution in [0.5, 0.6) is 0 Å². The number of hydrogen-bond acceptors (Lipinski definition) is 6. The van der Waals surface area contributed by atoms with Crippen LogP contribution in [0.25, 0.3) is 0 Å². The Bertz CT molecular complexity index is 793. The van der Waals surface area contributed by atoms with E-state index in [1.165, 1.54) is 35.5 Å². The average molecular weight is 413 g/mol. The van der Waals surface area contributed by atoms with Crippen LogP contribution in [-0.2, 0) is 29.1 Å². The molecule has 1 atom stereocenters. The molecule has 1 saturated heterocycles. The van der Waals surface area contributed by atoms with Gasteiger partial charge in [-0.15, -0.1) is 0 Å². The highest BCUT2D eigenvalue weighted by Gasteiger charge is 2.26. The fourth-order valence-electron chi connectivity index (χ4n) is 2.62. The minimum absolute atomic E-state index is 0.150. The van der Waals surface area contributed by atoms with E-state index in [9.17, 15) is 18.0 Å². The predicted molar refractivity (Wildman–Crippen MR) is 104 cm³/mol. The number of sulfonamides is 1. The number of benzene rings is 1. The largest absolute Gasteiger partial charge is 0.453 e. The Hall–Kier alpha value is -1.97. The molecule has 0 bridgehead atoms. The standard InChI is InChI=1S/C19H28N2O6S/c1-14(27-17(22)13-19(2,3)4)18(23)20-15-5-7-16(8-6-15)28(24,25)21-9-11-26-12-10-21/h5-8,14H,9-13H2,1-4H3,(H,20,23)/t14-/m1/s1. The number of hydrogen-bond donors (Lipinski definition) is 1. The molecule has 0 unspecified atom stereocenters. The summed E-state index contributed by atoms with van der Waals surface area (Å²) in [6, 6.07) is 5.90. The maximum absolute atomic E-state index is 12.6. The number of carbonyl (C=O) groups is 2. The number of morpholine rings is 1. The van der Waals surface area contributed by atoms with Gasteiger partial charge in [-0.05, 0) is 36.6 Å². The molecule has 1 aliphatic heterocycles. The fourth-order valence-corrected chi connectivity index (χ4v) is 4.02. The molecule has 1 amide bonds. The van der Waals surface area contributed by atoms with Gasteiger partial charge in [-0.3, -0.25) is 9.59 Å².